The Hall–Kier alpha value is -2.44. The number of nitrogens with one attached hydrogen (secondary N) is 2. The lowest BCUT2D eigenvalue weighted by molar-refractivity contribution is 0.509. The minimum atomic E-state index is -0.942. The molecule has 0 unspecified atom stereocenters. The Labute approximate surface area is 115 Å². The van der Waals surface area contributed by atoms with Crippen LogP contribution in [-0.4, -0.2) is 16.0 Å². The van der Waals surface area contributed by atoms with Gasteiger partial charge < -0.3 is 16.4 Å². The largest absolute Gasteiger partial charge is 0.393 e. The smallest absolute Gasteiger partial charge is 0.160 e. The SMILES string of the molecule is CC(C)Nc1ncnc(Nc2ccc(F)c(F)c2)c1N. The van der Waals surface area contributed by atoms with Crippen LogP contribution in [0.25, 0.3) is 0 Å². The van der Waals surface area contributed by atoms with Gasteiger partial charge in [-0.2, -0.15) is 0 Å². The monoisotopic (exact) mass is 279 g/mol. The number of aromatic nitrogens is 2. The molecule has 0 spiro atoms. The Morgan fingerprint density at radius 2 is 1.80 bits per heavy atom. The highest BCUT2D eigenvalue weighted by Crippen LogP contribution is 2.26. The predicted molar refractivity (Wildman–Crippen MR) is 74.8 cm³/mol. The van der Waals surface area contributed by atoms with E-state index < -0.39 is 11.6 Å². The fraction of sp³-hybridized carbons (Fsp3) is 0.231. The van der Waals surface area contributed by atoms with Crippen molar-refractivity contribution in [1.82, 2.24) is 9.97 Å². The Morgan fingerprint density at radius 1 is 1.10 bits per heavy atom. The molecule has 7 heteroatoms. The van der Waals surface area contributed by atoms with E-state index in [9.17, 15) is 8.78 Å². The highest BCUT2D eigenvalue weighted by molar-refractivity contribution is 5.77. The number of halogens is 2. The van der Waals surface area contributed by atoms with Crippen molar-refractivity contribution in [3.8, 4) is 0 Å². The summed E-state index contributed by atoms with van der Waals surface area (Å²) in [6, 6.07) is 3.62. The number of rotatable bonds is 4. The van der Waals surface area contributed by atoms with Crippen molar-refractivity contribution in [1.29, 1.82) is 0 Å². The number of benzene rings is 1. The van der Waals surface area contributed by atoms with Crippen LogP contribution < -0.4 is 16.4 Å². The Bertz CT molecular complexity index is 616. The second-order valence-corrected chi connectivity index (χ2v) is 4.54. The van der Waals surface area contributed by atoms with Crippen LogP contribution in [0.5, 0.6) is 0 Å². The summed E-state index contributed by atoms with van der Waals surface area (Å²) in [6.45, 7) is 3.90. The van der Waals surface area contributed by atoms with Crippen LogP contribution in [0.15, 0.2) is 24.5 Å². The predicted octanol–water partition coefficient (Wildman–Crippen LogP) is 2.90. The number of hydrogen-bond donors (Lipinski definition) is 3. The van der Waals surface area contributed by atoms with E-state index in [4.69, 9.17) is 5.73 Å². The molecular formula is C13H15F2N5. The first-order chi connectivity index (χ1) is 9.47. The van der Waals surface area contributed by atoms with E-state index in [-0.39, 0.29) is 6.04 Å². The lowest BCUT2D eigenvalue weighted by Gasteiger charge is -2.14. The third kappa shape index (κ3) is 3.11. The van der Waals surface area contributed by atoms with Gasteiger partial charge in [0.15, 0.2) is 23.3 Å². The minimum Gasteiger partial charge on any atom is -0.393 e. The third-order valence-electron chi connectivity index (χ3n) is 2.49. The molecule has 1 aromatic carbocycles. The van der Waals surface area contributed by atoms with Gasteiger partial charge in [0.2, 0.25) is 0 Å². The highest BCUT2D eigenvalue weighted by Gasteiger charge is 2.10. The van der Waals surface area contributed by atoms with E-state index in [1.54, 1.807) is 0 Å². The van der Waals surface area contributed by atoms with Crippen molar-refractivity contribution in [3.63, 3.8) is 0 Å². The van der Waals surface area contributed by atoms with Gasteiger partial charge in [-0.25, -0.2) is 18.7 Å². The molecule has 5 nitrogen and oxygen atoms in total. The zero-order valence-electron chi connectivity index (χ0n) is 11.1. The van der Waals surface area contributed by atoms with Crippen LogP contribution in [0.1, 0.15) is 13.8 Å². The molecule has 0 aliphatic rings. The number of hydrogen-bond acceptors (Lipinski definition) is 5. The van der Waals surface area contributed by atoms with Crippen molar-refractivity contribution >= 4 is 23.0 Å². The first-order valence-electron chi connectivity index (χ1n) is 6.06. The number of nitrogens with zero attached hydrogens (tertiary/aromatic N) is 2. The van der Waals surface area contributed by atoms with Crippen LogP contribution in [-0.2, 0) is 0 Å². The van der Waals surface area contributed by atoms with Gasteiger partial charge in [0.1, 0.15) is 12.0 Å². The highest BCUT2D eigenvalue weighted by atomic mass is 19.2. The summed E-state index contributed by atoms with van der Waals surface area (Å²) in [5.74, 6) is -1.04. The molecule has 0 saturated carbocycles. The van der Waals surface area contributed by atoms with Crippen molar-refractivity contribution in [3.05, 3.63) is 36.2 Å². The number of nitrogen functional groups attached to an aromatic ring is 1. The first kappa shape index (κ1) is 14.0. The normalized spacial score (nSPS) is 10.7. The van der Waals surface area contributed by atoms with Gasteiger partial charge in [0.25, 0.3) is 0 Å². The molecule has 0 fully saturated rings. The van der Waals surface area contributed by atoms with E-state index >= 15 is 0 Å². The molecule has 2 rings (SSSR count). The van der Waals surface area contributed by atoms with Gasteiger partial charge >= 0.3 is 0 Å². The zero-order valence-corrected chi connectivity index (χ0v) is 11.1. The molecule has 20 heavy (non-hydrogen) atoms. The molecular weight excluding hydrogens is 264 g/mol. The van der Waals surface area contributed by atoms with Crippen molar-refractivity contribution in [2.75, 3.05) is 16.4 Å². The Morgan fingerprint density at radius 3 is 2.45 bits per heavy atom. The van der Waals surface area contributed by atoms with Gasteiger partial charge in [-0.05, 0) is 26.0 Å². The van der Waals surface area contributed by atoms with Crippen LogP contribution in [0.2, 0.25) is 0 Å². The molecule has 0 amide bonds. The maximum Gasteiger partial charge on any atom is 0.160 e. The summed E-state index contributed by atoms with van der Waals surface area (Å²) in [5.41, 5.74) is 6.59. The molecule has 0 aliphatic heterocycles. The lowest BCUT2D eigenvalue weighted by atomic mass is 10.3. The molecule has 1 heterocycles. The summed E-state index contributed by atoms with van der Waals surface area (Å²) in [4.78, 5) is 8.02. The number of nitrogens with two attached hydrogens (primary N) is 1. The van der Waals surface area contributed by atoms with Crippen LogP contribution in [0.4, 0.5) is 31.8 Å². The molecule has 0 aliphatic carbocycles. The van der Waals surface area contributed by atoms with Crippen LogP contribution in [0, 0.1) is 11.6 Å². The van der Waals surface area contributed by atoms with Crippen LogP contribution >= 0.6 is 0 Å². The molecule has 0 saturated heterocycles. The van der Waals surface area contributed by atoms with Crippen molar-refractivity contribution in [2.45, 2.75) is 19.9 Å². The average molecular weight is 279 g/mol. The fourth-order valence-corrected chi connectivity index (χ4v) is 1.59. The zero-order chi connectivity index (χ0) is 14.7. The minimum absolute atomic E-state index is 0.156. The summed E-state index contributed by atoms with van der Waals surface area (Å²) < 4.78 is 26.0. The standard InChI is InChI=1S/C13H15F2N5/c1-7(2)19-12-11(16)13(18-6-17-12)20-8-3-4-9(14)10(15)5-8/h3-7H,16H2,1-2H3,(H2,17,18,19,20). The molecule has 0 atom stereocenters. The second kappa shape index (κ2) is 5.68. The molecule has 106 valence electrons. The van der Waals surface area contributed by atoms with Gasteiger partial charge in [0.05, 0.1) is 0 Å². The first-order valence-corrected chi connectivity index (χ1v) is 6.06. The topological polar surface area (TPSA) is 75.9 Å². The summed E-state index contributed by atoms with van der Waals surface area (Å²) in [5, 5.41) is 5.90. The Kier molecular flexibility index (Phi) is 3.97. The lowest BCUT2D eigenvalue weighted by Crippen LogP contribution is -2.14. The average Bonchev–Trinajstić information content (AvgIpc) is 2.38. The Balaban J connectivity index is 2.27. The van der Waals surface area contributed by atoms with E-state index in [2.05, 4.69) is 20.6 Å². The number of anilines is 4. The van der Waals surface area contributed by atoms with Gasteiger partial charge in [-0.15, -0.1) is 0 Å². The maximum atomic E-state index is 13.1. The van der Waals surface area contributed by atoms with Gasteiger partial charge in [-0.3, -0.25) is 0 Å². The summed E-state index contributed by atoms with van der Waals surface area (Å²) >= 11 is 0. The van der Waals surface area contributed by atoms with E-state index in [1.165, 1.54) is 12.4 Å². The third-order valence-corrected chi connectivity index (χ3v) is 2.49. The molecule has 2 aromatic rings. The molecule has 0 bridgehead atoms. The van der Waals surface area contributed by atoms with Crippen molar-refractivity contribution < 1.29 is 8.78 Å². The van der Waals surface area contributed by atoms with E-state index in [0.29, 0.717) is 23.0 Å². The van der Waals surface area contributed by atoms with Crippen molar-refractivity contribution in [2.24, 2.45) is 0 Å². The molecule has 1 aromatic heterocycles. The van der Waals surface area contributed by atoms with E-state index in [0.717, 1.165) is 12.1 Å². The van der Waals surface area contributed by atoms with Gasteiger partial charge in [0, 0.05) is 17.8 Å². The summed E-state index contributed by atoms with van der Waals surface area (Å²) in [7, 11) is 0. The quantitative estimate of drug-likeness (QED) is 0.802. The van der Waals surface area contributed by atoms with Crippen LogP contribution in [0.3, 0.4) is 0 Å². The second-order valence-electron chi connectivity index (χ2n) is 4.54. The maximum absolute atomic E-state index is 13.1. The van der Waals surface area contributed by atoms with E-state index in [1.807, 2.05) is 13.8 Å². The van der Waals surface area contributed by atoms with Gasteiger partial charge in [-0.1, -0.05) is 0 Å². The molecule has 4 N–H and O–H groups in total. The fourth-order valence-electron chi connectivity index (χ4n) is 1.59. The summed E-state index contributed by atoms with van der Waals surface area (Å²) in [6.07, 6.45) is 1.34. The molecule has 0 radical (unpaired) electrons.